The largest absolute Gasteiger partial charge is 0.297 e. The first kappa shape index (κ1) is 12.4. The molecule has 0 unspecified atom stereocenters. The zero-order valence-electron chi connectivity index (χ0n) is 10.1. The summed E-state index contributed by atoms with van der Waals surface area (Å²) in [7, 11) is 0. The summed E-state index contributed by atoms with van der Waals surface area (Å²) in [5.74, 6) is 0.473. The van der Waals surface area contributed by atoms with Crippen LogP contribution >= 0.6 is 11.6 Å². The maximum Gasteiger partial charge on any atom is 0.0825 e. The summed E-state index contributed by atoms with van der Waals surface area (Å²) >= 11 is 6.00. The van der Waals surface area contributed by atoms with Crippen LogP contribution < -0.4 is 0 Å². The lowest BCUT2D eigenvalue weighted by Gasteiger charge is -2.18. The molecule has 0 aromatic heterocycles. The number of benzene rings is 1. The van der Waals surface area contributed by atoms with Crippen molar-refractivity contribution >= 4 is 17.3 Å². The fraction of sp³-hybridized carbons (Fsp3) is 0.500. The Kier molecular flexibility index (Phi) is 4.87. The molecule has 3 heteroatoms. The number of nitrogens with zero attached hydrogens (tertiary/aromatic N) is 2. The maximum atomic E-state index is 6.00. The monoisotopic (exact) mass is 250 g/mol. The Morgan fingerprint density at radius 1 is 1.06 bits per heavy atom. The number of hydrogen-bond acceptors (Lipinski definition) is 2. The van der Waals surface area contributed by atoms with Gasteiger partial charge in [0.15, 0.2) is 0 Å². The molecule has 0 aliphatic carbocycles. The van der Waals surface area contributed by atoms with Gasteiger partial charge < -0.3 is 0 Å². The topological polar surface area (TPSA) is 15.6 Å². The van der Waals surface area contributed by atoms with E-state index in [1.54, 1.807) is 0 Å². The van der Waals surface area contributed by atoms with E-state index in [0.717, 1.165) is 24.4 Å². The minimum atomic E-state index is 0.473. The average molecular weight is 251 g/mol. The summed E-state index contributed by atoms with van der Waals surface area (Å²) in [5.41, 5.74) is 2.11. The van der Waals surface area contributed by atoms with Gasteiger partial charge in [-0.3, -0.25) is 5.01 Å². The Morgan fingerprint density at radius 2 is 1.71 bits per heavy atom. The molecule has 0 radical (unpaired) electrons. The molecule has 0 amide bonds. The van der Waals surface area contributed by atoms with Gasteiger partial charge >= 0.3 is 0 Å². The molecule has 0 bridgehead atoms. The molecule has 1 aliphatic heterocycles. The molecule has 0 N–H and O–H groups in total. The molecule has 17 heavy (non-hydrogen) atoms. The first-order chi connectivity index (χ1) is 8.40. The van der Waals surface area contributed by atoms with E-state index in [-0.39, 0.29) is 0 Å². The van der Waals surface area contributed by atoms with E-state index in [0.29, 0.717) is 5.88 Å². The van der Waals surface area contributed by atoms with Gasteiger partial charge in [-0.1, -0.05) is 43.2 Å². The molecule has 1 aliphatic rings. The minimum absolute atomic E-state index is 0.473. The van der Waals surface area contributed by atoms with Crippen LogP contribution in [0.5, 0.6) is 0 Å². The van der Waals surface area contributed by atoms with Crippen LogP contribution in [0.1, 0.15) is 31.2 Å². The molecule has 0 spiro atoms. The molecular formula is C14H19ClN2. The van der Waals surface area contributed by atoms with Crippen molar-refractivity contribution in [3.8, 4) is 0 Å². The van der Waals surface area contributed by atoms with E-state index in [1.165, 1.54) is 25.7 Å². The summed E-state index contributed by atoms with van der Waals surface area (Å²) in [6.07, 6.45) is 5.14. The summed E-state index contributed by atoms with van der Waals surface area (Å²) < 4.78 is 0. The Bertz CT molecular complexity index is 354. The van der Waals surface area contributed by atoms with E-state index < -0.39 is 0 Å². The van der Waals surface area contributed by atoms with Crippen LogP contribution in [0.2, 0.25) is 0 Å². The highest BCUT2D eigenvalue weighted by Crippen LogP contribution is 2.12. The average Bonchev–Trinajstić information content (AvgIpc) is 2.65. The summed E-state index contributed by atoms with van der Waals surface area (Å²) in [6, 6.07) is 10.2. The lowest BCUT2D eigenvalue weighted by atomic mass is 10.1. The van der Waals surface area contributed by atoms with Crippen molar-refractivity contribution in [3.05, 3.63) is 35.9 Å². The van der Waals surface area contributed by atoms with Crippen molar-refractivity contribution in [2.75, 3.05) is 19.0 Å². The lowest BCUT2D eigenvalue weighted by molar-refractivity contribution is 0.301. The number of hydrogen-bond donors (Lipinski definition) is 0. The molecule has 1 aromatic rings. The van der Waals surface area contributed by atoms with Gasteiger partial charge in [0.1, 0.15) is 0 Å². The molecule has 2 rings (SSSR count). The molecule has 1 heterocycles. The SMILES string of the molecule is ClC/C(=N\N1CCCCCC1)c1ccccc1. The van der Waals surface area contributed by atoms with Crippen LogP contribution in [0.25, 0.3) is 0 Å². The van der Waals surface area contributed by atoms with Crippen molar-refractivity contribution in [3.63, 3.8) is 0 Å². The molecule has 0 saturated carbocycles. The van der Waals surface area contributed by atoms with Crippen molar-refractivity contribution in [2.45, 2.75) is 25.7 Å². The quantitative estimate of drug-likeness (QED) is 0.592. The van der Waals surface area contributed by atoms with Gasteiger partial charge in [-0.2, -0.15) is 5.10 Å². The van der Waals surface area contributed by atoms with Crippen LogP contribution in [0.4, 0.5) is 0 Å². The van der Waals surface area contributed by atoms with E-state index in [4.69, 9.17) is 16.7 Å². The number of alkyl halides is 1. The lowest BCUT2D eigenvalue weighted by Crippen LogP contribution is -2.21. The molecule has 1 saturated heterocycles. The third-order valence-corrected chi connectivity index (χ3v) is 3.33. The first-order valence-electron chi connectivity index (χ1n) is 6.34. The van der Waals surface area contributed by atoms with Crippen molar-refractivity contribution in [2.24, 2.45) is 5.10 Å². The van der Waals surface area contributed by atoms with Gasteiger partial charge in [-0.05, 0) is 18.4 Å². The fourth-order valence-corrected chi connectivity index (χ4v) is 2.32. The molecular weight excluding hydrogens is 232 g/mol. The predicted molar refractivity (Wildman–Crippen MR) is 73.7 cm³/mol. The second-order valence-corrected chi connectivity index (χ2v) is 4.68. The second-order valence-electron chi connectivity index (χ2n) is 4.41. The predicted octanol–water partition coefficient (Wildman–Crippen LogP) is 3.51. The standard InChI is InChI=1S/C14H19ClN2/c15-12-14(13-8-4-3-5-9-13)16-17-10-6-1-2-7-11-17/h3-5,8-9H,1-2,6-7,10-12H2/b16-14+. The third-order valence-electron chi connectivity index (χ3n) is 3.08. The van der Waals surface area contributed by atoms with E-state index in [9.17, 15) is 0 Å². The number of hydrazone groups is 1. The number of rotatable bonds is 3. The maximum absolute atomic E-state index is 6.00. The van der Waals surface area contributed by atoms with Crippen LogP contribution in [-0.2, 0) is 0 Å². The van der Waals surface area contributed by atoms with E-state index in [2.05, 4.69) is 17.1 Å². The van der Waals surface area contributed by atoms with Gasteiger partial charge in [0.2, 0.25) is 0 Å². The van der Waals surface area contributed by atoms with Crippen LogP contribution in [-0.4, -0.2) is 29.7 Å². The minimum Gasteiger partial charge on any atom is -0.297 e. The van der Waals surface area contributed by atoms with Crippen LogP contribution in [0.3, 0.4) is 0 Å². The van der Waals surface area contributed by atoms with E-state index >= 15 is 0 Å². The molecule has 1 aromatic carbocycles. The highest BCUT2D eigenvalue weighted by atomic mass is 35.5. The highest BCUT2D eigenvalue weighted by molar-refractivity contribution is 6.31. The third kappa shape index (κ3) is 3.74. The smallest absolute Gasteiger partial charge is 0.0825 e. The van der Waals surface area contributed by atoms with Gasteiger partial charge in [0.25, 0.3) is 0 Å². The summed E-state index contributed by atoms with van der Waals surface area (Å²) in [5, 5.41) is 6.88. The summed E-state index contributed by atoms with van der Waals surface area (Å²) in [4.78, 5) is 0. The molecule has 2 nitrogen and oxygen atoms in total. The molecule has 0 atom stereocenters. The molecule has 1 fully saturated rings. The Morgan fingerprint density at radius 3 is 2.29 bits per heavy atom. The van der Waals surface area contributed by atoms with Gasteiger partial charge in [0.05, 0.1) is 11.6 Å². The van der Waals surface area contributed by atoms with Gasteiger partial charge in [-0.25, -0.2) is 0 Å². The van der Waals surface area contributed by atoms with E-state index in [1.807, 2.05) is 18.2 Å². The van der Waals surface area contributed by atoms with Crippen LogP contribution in [0, 0.1) is 0 Å². The van der Waals surface area contributed by atoms with Crippen molar-refractivity contribution < 1.29 is 0 Å². The fourth-order valence-electron chi connectivity index (χ4n) is 2.12. The number of halogens is 1. The van der Waals surface area contributed by atoms with Crippen LogP contribution in [0.15, 0.2) is 35.4 Å². The Labute approximate surface area is 108 Å². The Hall–Kier alpha value is -1.02. The molecule has 92 valence electrons. The summed E-state index contributed by atoms with van der Waals surface area (Å²) in [6.45, 7) is 2.13. The Balaban J connectivity index is 2.11. The van der Waals surface area contributed by atoms with Gasteiger partial charge in [0, 0.05) is 13.1 Å². The normalized spacial score (nSPS) is 17.9. The highest BCUT2D eigenvalue weighted by Gasteiger charge is 2.08. The zero-order valence-corrected chi connectivity index (χ0v) is 10.9. The van der Waals surface area contributed by atoms with Crippen molar-refractivity contribution in [1.82, 2.24) is 5.01 Å². The van der Waals surface area contributed by atoms with Crippen molar-refractivity contribution in [1.29, 1.82) is 0 Å². The second kappa shape index (κ2) is 6.65. The van der Waals surface area contributed by atoms with Gasteiger partial charge in [-0.15, -0.1) is 11.6 Å². The first-order valence-corrected chi connectivity index (χ1v) is 6.87. The zero-order chi connectivity index (χ0) is 11.9.